The van der Waals surface area contributed by atoms with Gasteiger partial charge in [-0.25, -0.2) is 0 Å². The zero-order chi connectivity index (χ0) is 45.3. The quantitative estimate of drug-likeness (QED) is 0.132. The van der Waals surface area contributed by atoms with Gasteiger partial charge in [0, 0.05) is 16.8 Å². The van der Waals surface area contributed by atoms with Crippen LogP contribution in [0.2, 0.25) is 0 Å². The lowest BCUT2D eigenvalue weighted by Gasteiger charge is -2.35. The molecule has 0 aliphatic heterocycles. The molecule has 1 nitrogen and oxygen atoms in total. The maximum absolute atomic E-state index is 2.54. The van der Waals surface area contributed by atoms with Crippen molar-refractivity contribution in [2.45, 2.75) is 5.41 Å². The number of hydrogen-bond acceptors (Lipinski definition) is 1. The van der Waals surface area contributed by atoms with Crippen LogP contribution in [0.3, 0.4) is 0 Å². The summed E-state index contributed by atoms with van der Waals surface area (Å²) in [5.41, 5.74) is 22.0. The fourth-order valence-electron chi connectivity index (χ4n) is 10.8. The fraction of sp³-hybridized carbons (Fsp3) is 0.0149. The number of fused-ring (bicyclic) bond motifs is 3. The fourth-order valence-corrected chi connectivity index (χ4v) is 10.8. The van der Waals surface area contributed by atoms with Gasteiger partial charge in [0.25, 0.3) is 0 Å². The summed E-state index contributed by atoms with van der Waals surface area (Å²) in [6.45, 7) is 0. The van der Waals surface area contributed by atoms with Gasteiger partial charge in [0.15, 0.2) is 0 Å². The van der Waals surface area contributed by atoms with E-state index in [1.807, 2.05) is 0 Å². The molecule has 0 spiro atoms. The van der Waals surface area contributed by atoms with E-state index >= 15 is 0 Å². The molecule has 0 saturated heterocycles. The lowest BCUT2D eigenvalue weighted by atomic mass is 9.68. The molecule has 320 valence electrons. The zero-order valence-corrected chi connectivity index (χ0v) is 37.6. The van der Waals surface area contributed by atoms with E-state index < -0.39 is 5.41 Å². The summed E-state index contributed by atoms with van der Waals surface area (Å²) in [6, 6.07) is 104. The minimum absolute atomic E-state index is 0.555. The number of nitrogens with zero attached hydrogens (tertiary/aromatic N) is 1. The summed E-state index contributed by atoms with van der Waals surface area (Å²) in [7, 11) is 0. The molecule has 1 heteroatoms. The monoisotopic (exact) mass is 865 g/mol. The van der Waals surface area contributed by atoms with Gasteiger partial charge < -0.3 is 4.90 Å². The Morgan fingerprint density at radius 1 is 0.221 bits per heavy atom. The van der Waals surface area contributed by atoms with Crippen LogP contribution < -0.4 is 4.90 Å². The van der Waals surface area contributed by atoms with Gasteiger partial charge in [-0.3, -0.25) is 0 Å². The minimum Gasteiger partial charge on any atom is -0.309 e. The molecule has 0 bridgehead atoms. The van der Waals surface area contributed by atoms with E-state index in [0.29, 0.717) is 0 Å². The molecule has 0 fully saturated rings. The summed E-state index contributed by atoms with van der Waals surface area (Å²) in [4.78, 5) is 2.54. The molecule has 11 aromatic rings. The molecule has 1 aliphatic carbocycles. The van der Waals surface area contributed by atoms with E-state index in [1.54, 1.807) is 0 Å². The molecule has 68 heavy (non-hydrogen) atoms. The molecule has 0 aromatic heterocycles. The molecule has 1 aliphatic rings. The first kappa shape index (κ1) is 40.7. The van der Waals surface area contributed by atoms with E-state index in [2.05, 4.69) is 290 Å². The van der Waals surface area contributed by atoms with E-state index in [-0.39, 0.29) is 0 Å². The second-order valence-corrected chi connectivity index (χ2v) is 17.5. The highest BCUT2D eigenvalue weighted by molar-refractivity contribution is 6.04. The van der Waals surface area contributed by atoms with Crippen LogP contribution in [-0.4, -0.2) is 0 Å². The van der Waals surface area contributed by atoms with Gasteiger partial charge in [-0.05, 0) is 102 Å². The highest BCUT2D eigenvalue weighted by atomic mass is 15.1. The molecular formula is C67H47N. The third-order valence-electron chi connectivity index (χ3n) is 13.8. The van der Waals surface area contributed by atoms with Gasteiger partial charge in [-0.2, -0.15) is 0 Å². The normalized spacial score (nSPS) is 12.2. The van der Waals surface area contributed by atoms with Crippen LogP contribution in [0.1, 0.15) is 22.3 Å². The largest absolute Gasteiger partial charge is 0.309 e. The van der Waals surface area contributed by atoms with Gasteiger partial charge in [0.1, 0.15) is 0 Å². The van der Waals surface area contributed by atoms with E-state index in [0.717, 1.165) is 28.2 Å². The number of benzene rings is 11. The van der Waals surface area contributed by atoms with Crippen LogP contribution in [0, 0.1) is 0 Å². The Morgan fingerprint density at radius 3 is 1.15 bits per heavy atom. The Labute approximate surface area is 399 Å². The van der Waals surface area contributed by atoms with E-state index in [9.17, 15) is 0 Å². The smallest absolute Gasteiger partial charge is 0.0714 e. The van der Waals surface area contributed by atoms with Crippen molar-refractivity contribution >= 4 is 17.1 Å². The minimum atomic E-state index is -0.555. The van der Waals surface area contributed by atoms with Gasteiger partial charge in [0.05, 0.1) is 16.8 Å². The molecular weight excluding hydrogens is 819 g/mol. The van der Waals surface area contributed by atoms with Crippen LogP contribution in [-0.2, 0) is 5.41 Å². The molecule has 0 radical (unpaired) electrons. The van der Waals surface area contributed by atoms with Crippen molar-refractivity contribution in [3.63, 3.8) is 0 Å². The van der Waals surface area contributed by atoms with Gasteiger partial charge in [0.2, 0.25) is 0 Å². The summed E-state index contributed by atoms with van der Waals surface area (Å²) >= 11 is 0. The predicted octanol–water partition coefficient (Wildman–Crippen LogP) is 17.9. The maximum atomic E-state index is 2.54. The Kier molecular flexibility index (Phi) is 10.5. The van der Waals surface area contributed by atoms with Gasteiger partial charge in [-0.15, -0.1) is 0 Å². The van der Waals surface area contributed by atoms with Crippen LogP contribution in [0.5, 0.6) is 0 Å². The molecule has 0 heterocycles. The highest BCUT2D eigenvalue weighted by Crippen LogP contribution is 2.60. The average molecular weight is 866 g/mol. The highest BCUT2D eigenvalue weighted by Gasteiger charge is 2.47. The van der Waals surface area contributed by atoms with Crippen molar-refractivity contribution in [2.24, 2.45) is 0 Å². The Bertz CT molecular complexity index is 3470. The SMILES string of the molecule is c1ccc(-c2ccc(-c3ccc(N(c4cccc(-c5ccccc5)c4-c4ccccc4-c4ccccc4)c4cccc5c4-c4ccccc4C5(c4ccccc4)c4ccccc4)cc3)cc2)cc1. The van der Waals surface area contributed by atoms with Crippen LogP contribution in [0.15, 0.2) is 285 Å². The predicted molar refractivity (Wildman–Crippen MR) is 286 cm³/mol. The Hall–Kier alpha value is -8.78. The Balaban J connectivity index is 1.14. The van der Waals surface area contributed by atoms with Gasteiger partial charge >= 0.3 is 0 Å². The number of hydrogen-bond donors (Lipinski definition) is 0. The lowest BCUT2D eigenvalue weighted by molar-refractivity contribution is 0.768. The molecule has 0 unspecified atom stereocenters. The number of anilines is 3. The molecule has 0 atom stereocenters. The molecule has 12 rings (SSSR count). The zero-order valence-electron chi connectivity index (χ0n) is 37.6. The summed E-state index contributed by atoms with van der Waals surface area (Å²) in [5.74, 6) is 0. The van der Waals surface area contributed by atoms with E-state index in [4.69, 9.17) is 0 Å². The van der Waals surface area contributed by atoms with Crippen molar-refractivity contribution in [1.82, 2.24) is 0 Å². The van der Waals surface area contributed by atoms with Crippen LogP contribution >= 0.6 is 0 Å². The third kappa shape index (κ3) is 6.96. The standard InChI is InChI=1S/C67H47N/c1-6-22-48(23-7-1)49-40-42-50(43-41-49)51-44-46-56(47-45-51)68(63-38-20-35-58(53-26-10-3-11-27-53)65(63)59-33-17-16-32-57(59)52-24-8-2-9-25-52)64-39-21-37-62-66(64)60-34-18-19-36-61(60)67(62,54-28-12-4-13-29-54)55-30-14-5-15-31-55/h1-47H. The van der Waals surface area contributed by atoms with Crippen LogP contribution in [0.4, 0.5) is 17.1 Å². The molecule has 0 N–H and O–H groups in total. The van der Waals surface area contributed by atoms with Crippen molar-refractivity contribution in [3.05, 3.63) is 307 Å². The number of rotatable bonds is 10. The second kappa shape index (κ2) is 17.5. The topological polar surface area (TPSA) is 3.24 Å². The van der Waals surface area contributed by atoms with Gasteiger partial charge in [-0.1, -0.05) is 261 Å². The maximum Gasteiger partial charge on any atom is 0.0714 e. The lowest BCUT2D eigenvalue weighted by Crippen LogP contribution is -2.28. The molecule has 0 amide bonds. The van der Waals surface area contributed by atoms with Crippen molar-refractivity contribution in [2.75, 3.05) is 4.90 Å². The first-order chi connectivity index (χ1) is 33.8. The summed E-state index contributed by atoms with van der Waals surface area (Å²) < 4.78 is 0. The molecule has 11 aromatic carbocycles. The van der Waals surface area contributed by atoms with Crippen molar-refractivity contribution in [3.8, 4) is 66.8 Å². The van der Waals surface area contributed by atoms with Crippen molar-refractivity contribution in [1.29, 1.82) is 0 Å². The second-order valence-electron chi connectivity index (χ2n) is 17.5. The van der Waals surface area contributed by atoms with Crippen LogP contribution in [0.25, 0.3) is 66.8 Å². The summed E-state index contributed by atoms with van der Waals surface area (Å²) in [6.07, 6.45) is 0. The van der Waals surface area contributed by atoms with Crippen molar-refractivity contribution < 1.29 is 0 Å². The first-order valence-corrected chi connectivity index (χ1v) is 23.5. The van der Waals surface area contributed by atoms with E-state index in [1.165, 1.54) is 77.9 Å². The average Bonchev–Trinajstić information content (AvgIpc) is 3.74. The molecule has 0 saturated carbocycles. The Morgan fingerprint density at radius 2 is 0.588 bits per heavy atom. The summed E-state index contributed by atoms with van der Waals surface area (Å²) in [5, 5.41) is 0. The third-order valence-corrected chi connectivity index (χ3v) is 13.8. The first-order valence-electron chi connectivity index (χ1n) is 23.5.